The van der Waals surface area contributed by atoms with Gasteiger partial charge in [0.25, 0.3) is 0 Å². The number of rotatable bonds is 3. The Balaban J connectivity index is 2.65. The molecule has 0 saturated carbocycles. The van der Waals surface area contributed by atoms with Crippen molar-refractivity contribution < 1.29 is 15.0 Å². The molecule has 1 heterocycles. The standard InChI is InChI=1S/C8H15NO3/c1-6(10)5-8(7(11)12)3-2-4-9-8/h6,9-10H,2-5H2,1H3,(H,11,12). The molecule has 3 N–H and O–H groups in total. The second-order valence-corrected chi connectivity index (χ2v) is 3.47. The normalized spacial score (nSPS) is 31.8. The molecule has 0 aliphatic carbocycles. The maximum Gasteiger partial charge on any atom is 0.323 e. The number of hydrogen-bond donors (Lipinski definition) is 3. The summed E-state index contributed by atoms with van der Waals surface area (Å²) in [5.41, 5.74) is -0.867. The first-order valence-electron chi connectivity index (χ1n) is 4.23. The second-order valence-electron chi connectivity index (χ2n) is 3.47. The molecular weight excluding hydrogens is 158 g/mol. The number of aliphatic carboxylic acids is 1. The van der Waals surface area contributed by atoms with Crippen LogP contribution in [0, 0.1) is 0 Å². The van der Waals surface area contributed by atoms with Gasteiger partial charge in [-0.3, -0.25) is 4.79 Å². The number of hydrogen-bond acceptors (Lipinski definition) is 3. The van der Waals surface area contributed by atoms with Crippen molar-refractivity contribution in [3.8, 4) is 0 Å². The smallest absolute Gasteiger partial charge is 0.323 e. The molecule has 0 aromatic heterocycles. The third-order valence-corrected chi connectivity index (χ3v) is 2.30. The first-order chi connectivity index (χ1) is 5.57. The maximum atomic E-state index is 10.9. The van der Waals surface area contributed by atoms with E-state index < -0.39 is 17.6 Å². The molecule has 4 heteroatoms. The van der Waals surface area contributed by atoms with Crippen LogP contribution in [0.5, 0.6) is 0 Å². The highest BCUT2D eigenvalue weighted by Crippen LogP contribution is 2.24. The van der Waals surface area contributed by atoms with Gasteiger partial charge in [0.1, 0.15) is 5.54 Å². The first-order valence-corrected chi connectivity index (χ1v) is 4.23. The number of carboxylic acids is 1. The predicted octanol–water partition coefficient (Wildman–Crippen LogP) is -0.0359. The fraction of sp³-hybridized carbons (Fsp3) is 0.875. The summed E-state index contributed by atoms with van der Waals surface area (Å²) in [7, 11) is 0. The molecule has 0 spiro atoms. The molecule has 0 aromatic carbocycles. The van der Waals surface area contributed by atoms with Crippen molar-refractivity contribution in [3.63, 3.8) is 0 Å². The van der Waals surface area contributed by atoms with E-state index >= 15 is 0 Å². The zero-order valence-corrected chi connectivity index (χ0v) is 7.21. The van der Waals surface area contributed by atoms with Crippen LogP contribution in [0.2, 0.25) is 0 Å². The highest BCUT2D eigenvalue weighted by atomic mass is 16.4. The molecule has 1 fully saturated rings. The van der Waals surface area contributed by atoms with Crippen LogP contribution in [0.3, 0.4) is 0 Å². The quantitative estimate of drug-likeness (QED) is 0.560. The van der Waals surface area contributed by atoms with Gasteiger partial charge < -0.3 is 15.5 Å². The maximum absolute atomic E-state index is 10.9. The van der Waals surface area contributed by atoms with Crippen LogP contribution in [0.15, 0.2) is 0 Å². The van der Waals surface area contributed by atoms with Crippen LogP contribution in [0.4, 0.5) is 0 Å². The molecule has 1 rings (SSSR count). The first kappa shape index (κ1) is 9.48. The van der Waals surface area contributed by atoms with Gasteiger partial charge in [-0.05, 0) is 26.3 Å². The number of aliphatic hydroxyl groups excluding tert-OH is 1. The van der Waals surface area contributed by atoms with E-state index in [-0.39, 0.29) is 0 Å². The van der Waals surface area contributed by atoms with Crippen molar-refractivity contribution in [1.82, 2.24) is 5.32 Å². The number of nitrogens with one attached hydrogen (secondary N) is 1. The Hall–Kier alpha value is -0.610. The molecule has 2 unspecified atom stereocenters. The van der Waals surface area contributed by atoms with E-state index in [9.17, 15) is 4.79 Å². The molecule has 1 aliphatic rings. The van der Waals surface area contributed by atoms with Gasteiger partial charge in [0.05, 0.1) is 6.10 Å². The average molecular weight is 173 g/mol. The van der Waals surface area contributed by atoms with E-state index in [1.165, 1.54) is 0 Å². The van der Waals surface area contributed by atoms with E-state index in [0.717, 1.165) is 13.0 Å². The Morgan fingerprint density at radius 1 is 1.75 bits per heavy atom. The largest absolute Gasteiger partial charge is 0.480 e. The minimum atomic E-state index is -0.867. The van der Waals surface area contributed by atoms with E-state index in [4.69, 9.17) is 10.2 Å². The Kier molecular flexibility index (Phi) is 2.69. The van der Waals surface area contributed by atoms with Gasteiger partial charge in [-0.1, -0.05) is 0 Å². The van der Waals surface area contributed by atoms with Gasteiger partial charge >= 0.3 is 5.97 Å². The van der Waals surface area contributed by atoms with Crippen molar-refractivity contribution in [3.05, 3.63) is 0 Å². The Morgan fingerprint density at radius 3 is 2.75 bits per heavy atom. The third-order valence-electron chi connectivity index (χ3n) is 2.30. The molecule has 4 nitrogen and oxygen atoms in total. The van der Waals surface area contributed by atoms with Crippen molar-refractivity contribution >= 4 is 5.97 Å². The second kappa shape index (κ2) is 3.41. The molecular formula is C8H15NO3. The lowest BCUT2D eigenvalue weighted by molar-refractivity contribution is -0.145. The summed E-state index contributed by atoms with van der Waals surface area (Å²) in [6.45, 7) is 2.35. The van der Waals surface area contributed by atoms with E-state index in [1.54, 1.807) is 6.92 Å². The van der Waals surface area contributed by atoms with Crippen molar-refractivity contribution in [2.75, 3.05) is 6.54 Å². The van der Waals surface area contributed by atoms with Crippen molar-refractivity contribution in [2.24, 2.45) is 0 Å². The molecule has 12 heavy (non-hydrogen) atoms. The van der Waals surface area contributed by atoms with Gasteiger partial charge in [0.2, 0.25) is 0 Å². The fourth-order valence-corrected chi connectivity index (χ4v) is 1.75. The summed E-state index contributed by atoms with van der Waals surface area (Å²) >= 11 is 0. The summed E-state index contributed by atoms with van der Waals surface area (Å²) in [4.78, 5) is 10.9. The number of carbonyl (C=O) groups is 1. The summed E-state index contributed by atoms with van der Waals surface area (Å²) in [5.74, 6) is -0.846. The van der Waals surface area contributed by atoms with E-state index in [0.29, 0.717) is 12.8 Å². The summed E-state index contributed by atoms with van der Waals surface area (Å²) in [6.07, 6.45) is 1.22. The van der Waals surface area contributed by atoms with Gasteiger partial charge in [-0.15, -0.1) is 0 Å². The number of carboxylic acid groups (broad SMARTS) is 1. The zero-order chi connectivity index (χ0) is 9.19. The third kappa shape index (κ3) is 1.76. The number of aliphatic hydroxyl groups is 1. The van der Waals surface area contributed by atoms with Crippen LogP contribution >= 0.6 is 0 Å². The summed E-state index contributed by atoms with van der Waals surface area (Å²) in [5, 5.41) is 21.0. The summed E-state index contributed by atoms with van der Waals surface area (Å²) < 4.78 is 0. The van der Waals surface area contributed by atoms with Crippen LogP contribution in [0.1, 0.15) is 26.2 Å². The van der Waals surface area contributed by atoms with Gasteiger partial charge in [-0.25, -0.2) is 0 Å². The Labute approximate surface area is 71.6 Å². The zero-order valence-electron chi connectivity index (χ0n) is 7.21. The van der Waals surface area contributed by atoms with Crippen LogP contribution in [-0.2, 0) is 4.79 Å². The molecule has 1 saturated heterocycles. The van der Waals surface area contributed by atoms with Gasteiger partial charge in [0.15, 0.2) is 0 Å². The Bertz CT molecular complexity index is 173. The van der Waals surface area contributed by atoms with E-state index in [2.05, 4.69) is 5.32 Å². The van der Waals surface area contributed by atoms with Crippen LogP contribution in [0.25, 0.3) is 0 Å². The van der Waals surface area contributed by atoms with Crippen molar-refractivity contribution in [2.45, 2.75) is 37.8 Å². The molecule has 0 amide bonds. The highest BCUT2D eigenvalue weighted by Gasteiger charge is 2.41. The molecule has 0 aromatic rings. The van der Waals surface area contributed by atoms with Gasteiger partial charge in [0, 0.05) is 6.42 Å². The SMILES string of the molecule is CC(O)CC1(C(=O)O)CCCN1. The highest BCUT2D eigenvalue weighted by molar-refractivity contribution is 5.79. The molecule has 1 aliphatic heterocycles. The molecule has 2 atom stereocenters. The fourth-order valence-electron chi connectivity index (χ4n) is 1.75. The monoisotopic (exact) mass is 173 g/mol. The lowest BCUT2D eigenvalue weighted by Gasteiger charge is -2.25. The predicted molar refractivity (Wildman–Crippen MR) is 43.9 cm³/mol. The van der Waals surface area contributed by atoms with E-state index in [1.807, 2.05) is 0 Å². The van der Waals surface area contributed by atoms with Crippen LogP contribution in [-0.4, -0.2) is 34.4 Å². The van der Waals surface area contributed by atoms with Crippen molar-refractivity contribution in [1.29, 1.82) is 0 Å². The topological polar surface area (TPSA) is 69.6 Å². The Morgan fingerprint density at radius 2 is 2.42 bits per heavy atom. The minimum Gasteiger partial charge on any atom is -0.480 e. The lowest BCUT2D eigenvalue weighted by Crippen LogP contribution is -2.49. The molecule has 0 bridgehead atoms. The molecule has 0 radical (unpaired) electrons. The minimum absolute atomic E-state index is 0.294. The van der Waals surface area contributed by atoms with Crippen LogP contribution < -0.4 is 5.32 Å². The lowest BCUT2D eigenvalue weighted by atomic mass is 9.91. The average Bonchev–Trinajstić information content (AvgIpc) is 2.35. The summed E-state index contributed by atoms with van der Waals surface area (Å²) in [6, 6.07) is 0. The molecule has 70 valence electrons. The van der Waals surface area contributed by atoms with Gasteiger partial charge in [-0.2, -0.15) is 0 Å².